The van der Waals surface area contributed by atoms with Crippen LogP contribution in [0.3, 0.4) is 0 Å². The molecule has 2 atom stereocenters. The fraction of sp³-hybridized carbons (Fsp3) is 0.667. The van der Waals surface area contributed by atoms with Crippen molar-refractivity contribution in [3.63, 3.8) is 0 Å². The first-order chi connectivity index (χ1) is 8.95. The minimum atomic E-state index is -0.811. The lowest BCUT2D eigenvalue weighted by Crippen LogP contribution is -2.15. The molecule has 106 valence electrons. The van der Waals surface area contributed by atoms with E-state index in [9.17, 15) is 4.21 Å². The zero-order valence-corrected chi connectivity index (χ0v) is 12.7. The molecular weight excluding hydrogens is 262 g/mol. The number of imidazole rings is 1. The smallest absolute Gasteiger partial charge is 0.202 e. The molecule has 2 aromatic heterocycles. The van der Waals surface area contributed by atoms with Crippen LogP contribution in [-0.4, -0.2) is 35.0 Å². The topological polar surface area (TPSA) is 78.7 Å². The minimum absolute atomic E-state index is 0.149. The lowest BCUT2D eigenvalue weighted by atomic mass is 10.3. The van der Waals surface area contributed by atoms with Crippen LogP contribution in [0.25, 0.3) is 11.2 Å². The van der Waals surface area contributed by atoms with E-state index in [2.05, 4.69) is 17.0 Å². The second kappa shape index (κ2) is 5.32. The molecule has 6 nitrogen and oxygen atoms in total. The summed E-state index contributed by atoms with van der Waals surface area (Å²) in [4.78, 5) is 4.41. The van der Waals surface area contributed by atoms with E-state index < -0.39 is 10.8 Å². The van der Waals surface area contributed by atoms with E-state index in [1.165, 1.54) is 0 Å². The number of rotatable bonds is 5. The van der Waals surface area contributed by atoms with Crippen LogP contribution in [0.15, 0.2) is 0 Å². The van der Waals surface area contributed by atoms with Gasteiger partial charge in [0, 0.05) is 35.9 Å². The predicted molar refractivity (Wildman–Crippen MR) is 78.4 cm³/mol. The van der Waals surface area contributed by atoms with Crippen LogP contribution in [0.1, 0.15) is 26.0 Å². The molecule has 0 aliphatic heterocycles. The van der Waals surface area contributed by atoms with Gasteiger partial charge in [-0.2, -0.15) is 5.10 Å². The van der Waals surface area contributed by atoms with Gasteiger partial charge in [-0.25, -0.2) is 4.98 Å². The Labute approximate surface area is 115 Å². The summed E-state index contributed by atoms with van der Waals surface area (Å²) in [5, 5.41) is 4.60. The van der Waals surface area contributed by atoms with Crippen molar-refractivity contribution in [3.8, 4) is 0 Å². The van der Waals surface area contributed by atoms with Gasteiger partial charge in [-0.3, -0.25) is 13.5 Å². The van der Waals surface area contributed by atoms with E-state index in [-0.39, 0.29) is 5.25 Å². The van der Waals surface area contributed by atoms with Crippen molar-refractivity contribution in [2.75, 3.05) is 12.0 Å². The Balaban J connectivity index is 2.35. The van der Waals surface area contributed by atoms with Crippen molar-refractivity contribution in [1.29, 1.82) is 0 Å². The Kier molecular flexibility index (Phi) is 3.93. The van der Waals surface area contributed by atoms with Crippen LogP contribution in [0.4, 0.5) is 5.95 Å². The number of anilines is 1. The quantitative estimate of drug-likeness (QED) is 0.890. The SMILES string of the molecule is CCc1nn(C)c2c1nc(N)n2CCC(C)S(C)=O. The third-order valence-electron chi connectivity index (χ3n) is 3.48. The molecule has 19 heavy (non-hydrogen) atoms. The Morgan fingerprint density at radius 1 is 1.47 bits per heavy atom. The van der Waals surface area contributed by atoms with Crippen LogP contribution in [0, 0.1) is 0 Å². The van der Waals surface area contributed by atoms with E-state index in [1.54, 1.807) is 6.26 Å². The third-order valence-corrected chi connectivity index (χ3v) is 4.85. The lowest BCUT2D eigenvalue weighted by molar-refractivity contribution is 0.619. The maximum absolute atomic E-state index is 11.4. The van der Waals surface area contributed by atoms with Gasteiger partial charge in [-0.05, 0) is 12.8 Å². The highest BCUT2D eigenvalue weighted by molar-refractivity contribution is 7.84. The molecule has 0 spiro atoms. The highest BCUT2D eigenvalue weighted by Gasteiger charge is 2.17. The highest BCUT2D eigenvalue weighted by atomic mass is 32.2. The van der Waals surface area contributed by atoms with Crippen molar-refractivity contribution in [2.45, 2.75) is 38.5 Å². The monoisotopic (exact) mass is 283 g/mol. The van der Waals surface area contributed by atoms with Crippen LogP contribution in [0.2, 0.25) is 0 Å². The molecule has 0 saturated heterocycles. The van der Waals surface area contributed by atoms with E-state index in [0.717, 1.165) is 29.7 Å². The number of aromatic nitrogens is 4. The van der Waals surface area contributed by atoms with Crippen molar-refractivity contribution in [1.82, 2.24) is 19.3 Å². The molecule has 0 aliphatic carbocycles. The summed E-state index contributed by atoms with van der Waals surface area (Å²) in [6.45, 7) is 4.76. The van der Waals surface area contributed by atoms with Gasteiger partial charge in [-0.15, -0.1) is 0 Å². The molecule has 0 amide bonds. The summed E-state index contributed by atoms with van der Waals surface area (Å²) in [7, 11) is 1.09. The zero-order chi connectivity index (χ0) is 14.2. The Bertz CT molecular complexity index is 615. The zero-order valence-electron chi connectivity index (χ0n) is 11.9. The summed E-state index contributed by atoms with van der Waals surface area (Å²) < 4.78 is 15.2. The number of fused-ring (bicyclic) bond motifs is 1. The van der Waals surface area contributed by atoms with E-state index >= 15 is 0 Å². The Hall–Kier alpha value is -1.37. The van der Waals surface area contributed by atoms with E-state index in [1.807, 2.05) is 23.2 Å². The molecule has 0 saturated carbocycles. The Morgan fingerprint density at radius 3 is 2.74 bits per heavy atom. The molecule has 2 aromatic rings. The molecule has 2 rings (SSSR count). The first kappa shape index (κ1) is 14.0. The first-order valence-corrected chi connectivity index (χ1v) is 8.07. The average Bonchev–Trinajstić information content (AvgIpc) is 2.84. The molecule has 2 heterocycles. The standard InChI is InChI=1S/C12H21N5OS/c1-5-9-10-11(16(3)15-9)17(12(13)14-10)7-6-8(2)19(4)18/h8H,5-7H2,1-4H3,(H2,13,14). The minimum Gasteiger partial charge on any atom is -0.369 e. The molecule has 0 aliphatic rings. The normalized spacial score (nSPS) is 14.9. The largest absolute Gasteiger partial charge is 0.369 e. The second-order valence-corrected chi connectivity index (χ2v) is 6.62. The summed E-state index contributed by atoms with van der Waals surface area (Å²) in [6, 6.07) is 0. The second-order valence-electron chi connectivity index (χ2n) is 4.82. The molecule has 2 N–H and O–H groups in total. The highest BCUT2D eigenvalue weighted by Crippen LogP contribution is 2.22. The number of hydrogen-bond acceptors (Lipinski definition) is 4. The van der Waals surface area contributed by atoms with Gasteiger partial charge >= 0.3 is 0 Å². The predicted octanol–water partition coefficient (Wildman–Crippen LogP) is 1.07. The van der Waals surface area contributed by atoms with Crippen molar-refractivity contribution >= 4 is 27.9 Å². The van der Waals surface area contributed by atoms with Crippen molar-refractivity contribution in [3.05, 3.63) is 5.69 Å². The summed E-state index contributed by atoms with van der Waals surface area (Å²) in [5.41, 5.74) is 8.78. The number of nitrogens with zero attached hydrogens (tertiary/aromatic N) is 4. The number of hydrogen-bond donors (Lipinski definition) is 1. The molecule has 2 unspecified atom stereocenters. The molecular formula is C12H21N5OS. The third kappa shape index (κ3) is 2.51. The van der Waals surface area contributed by atoms with Crippen molar-refractivity contribution < 1.29 is 4.21 Å². The van der Waals surface area contributed by atoms with Crippen molar-refractivity contribution in [2.24, 2.45) is 7.05 Å². The van der Waals surface area contributed by atoms with E-state index in [4.69, 9.17) is 5.73 Å². The van der Waals surface area contributed by atoms with Gasteiger partial charge in [0.1, 0.15) is 5.52 Å². The molecule has 0 radical (unpaired) electrons. The van der Waals surface area contributed by atoms with Gasteiger partial charge in [0.15, 0.2) is 5.65 Å². The maximum atomic E-state index is 11.4. The Morgan fingerprint density at radius 2 is 2.16 bits per heavy atom. The molecule has 0 bridgehead atoms. The summed E-state index contributed by atoms with van der Waals surface area (Å²) >= 11 is 0. The van der Waals surface area contributed by atoms with Gasteiger partial charge in [0.2, 0.25) is 5.95 Å². The number of nitrogen functional groups attached to an aromatic ring is 1. The van der Waals surface area contributed by atoms with Crippen LogP contribution < -0.4 is 5.73 Å². The van der Waals surface area contributed by atoms with Crippen LogP contribution in [0.5, 0.6) is 0 Å². The average molecular weight is 283 g/mol. The number of nitrogens with two attached hydrogens (primary N) is 1. The molecule has 0 fully saturated rings. The van der Waals surface area contributed by atoms with Gasteiger partial charge in [0.05, 0.1) is 5.69 Å². The first-order valence-electron chi connectivity index (χ1n) is 6.45. The van der Waals surface area contributed by atoms with Crippen LogP contribution >= 0.6 is 0 Å². The molecule has 7 heteroatoms. The fourth-order valence-corrected chi connectivity index (χ4v) is 2.63. The van der Waals surface area contributed by atoms with E-state index in [0.29, 0.717) is 12.5 Å². The maximum Gasteiger partial charge on any atom is 0.202 e. The number of aryl methyl sites for hydroxylation is 3. The van der Waals surface area contributed by atoms with Gasteiger partial charge in [0.25, 0.3) is 0 Å². The summed E-state index contributed by atoms with van der Waals surface area (Å²) in [5.74, 6) is 0.506. The van der Waals surface area contributed by atoms with Gasteiger partial charge in [-0.1, -0.05) is 13.8 Å². The fourth-order valence-electron chi connectivity index (χ4n) is 2.19. The summed E-state index contributed by atoms with van der Waals surface area (Å²) in [6.07, 6.45) is 3.38. The van der Waals surface area contributed by atoms with Crippen LogP contribution in [-0.2, 0) is 30.8 Å². The van der Waals surface area contributed by atoms with Gasteiger partial charge < -0.3 is 5.73 Å². The molecule has 0 aromatic carbocycles. The lowest BCUT2D eigenvalue weighted by Gasteiger charge is -2.10.